The minimum Gasteiger partial charge on any atom is -0.508 e. The maximum absolute atomic E-state index is 13.0. The van der Waals surface area contributed by atoms with E-state index in [1.54, 1.807) is 6.07 Å². The van der Waals surface area contributed by atoms with Crippen LogP contribution in [-0.2, 0) is 19.3 Å². The van der Waals surface area contributed by atoms with E-state index in [0.29, 0.717) is 18.2 Å². The summed E-state index contributed by atoms with van der Waals surface area (Å²) in [5, 5.41) is 10.0. The summed E-state index contributed by atoms with van der Waals surface area (Å²) in [6, 6.07) is 12.7. The molecule has 0 radical (unpaired) electrons. The summed E-state index contributed by atoms with van der Waals surface area (Å²) in [5.41, 5.74) is 3.35. The lowest BCUT2D eigenvalue weighted by Crippen LogP contribution is -2.41. The number of fused-ring (bicyclic) bond motifs is 1. The summed E-state index contributed by atoms with van der Waals surface area (Å²) >= 11 is 0. The molecule has 0 bridgehead atoms. The molecule has 0 saturated heterocycles. The number of benzene rings is 2. The first-order chi connectivity index (χ1) is 12.2. The minimum atomic E-state index is -0.308. The van der Waals surface area contributed by atoms with Crippen molar-refractivity contribution >= 4 is 0 Å². The third-order valence-corrected chi connectivity index (χ3v) is 5.13. The maximum Gasteiger partial charge on any atom is 0.123 e. The zero-order valence-corrected chi connectivity index (χ0v) is 14.4. The standard InChI is InChI=1S/C21H25F2NO/c22-12-2-13-24(14-11-16-5-7-18(23)8-6-16)19-9-10-20-17(15-19)3-1-4-21(20)25/h1,3-8,19,25H,2,9-15H2. The average molecular weight is 345 g/mol. The summed E-state index contributed by atoms with van der Waals surface area (Å²) < 4.78 is 25.8. The van der Waals surface area contributed by atoms with Crippen LogP contribution in [0.25, 0.3) is 0 Å². The molecule has 0 spiro atoms. The van der Waals surface area contributed by atoms with E-state index in [1.807, 2.05) is 18.2 Å². The van der Waals surface area contributed by atoms with Crippen LogP contribution in [0, 0.1) is 5.82 Å². The van der Waals surface area contributed by atoms with Crippen LogP contribution in [0.5, 0.6) is 5.75 Å². The van der Waals surface area contributed by atoms with Gasteiger partial charge in [-0.25, -0.2) is 4.39 Å². The third-order valence-electron chi connectivity index (χ3n) is 5.13. The van der Waals surface area contributed by atoms with Crippen molar-refractivity contribution in [3.05, 3.63) is 65.0 Å². The first-order valence-corrected chi connectivity index (χ1v) is 9.01. The molecule has 0 saturated carbocycles. The van der Waals surface area contributed by atoms with Crippen molar-refractivity contribution in [1.29, 1.82) is 0 Å². The molecule has 2 aromatic carbocycles. The van der Waals surface area contributed by atoms with Gasteiger partial charge in [0.2, 0.25) is 0 Å². The zero-order valence-electron chi connectivity index (χ0n) is 14.4. The number of alkyl halides is 1. The fourth-order valence-electron chi connectivity index (χ4n) is 3.74. The second-order valence-electron chi connectivity index (χ2n) is 6.77. The van der Waals surface area contributed by atoms with Gasteiger partial charge in [-0.15, -0.1) is 0 Å². The molecule has 25 heavy (non-hydrogen) atoms. The van der Waals surface area contributed by atoms with Gasteiger partial charge in [0.25, 0.3) is 0 Å². The first kappa shape index (κ1) is 17.9. The summed E-state index contributed by atoms with van der Waals surface area (Å²) in [4.78, 5) is 2.36. The van der Waals surface area contributed by atoms with Crippen LogP contribution in [0.1, 0.15) is 29.5 Å². The molecule has 0 fully saturated rings. The molecular weight excluding hydrogens is 320 g/mol. The molecule has 0 aromatic heterocycles. The number of nitrogens with zero attached hydrogens (tertiary/aromatic N) is 1. The van der Waals surface area contributed by atoms with Gasteiger partial charge in [-0.2, -0.15) is 0 Å². The Morgan fingerprint density at radius 1 is 1.08 bits per heavy atom. The molecule has 0 amide bonds. The van der Waals surface area contributed by atoms with E-state index in [9.17, 15) is 13.9 Å². The van der Waals surface area contributed by atoms with Gasteiger partial charge in [0, 0.05) is 19.1 Å². The van der Waals surface area contributed by atoms with Crippen molar-refractivity contribution in [2.75, 3.05) is 19.8 Å². The van der Waals surface area contributed by atoms with E-state index in [-0.39, 0.29) is 12.5 Å². The first-order valence-electron chi connectivity index (χ1n) is 9.01. The fourth-order valence-corrected chi connectivity index (χ4v) is 3.74. The van der Waals surface area contributed by atoms with Gasteiger partial charge in [-0.05, 0) is 67.0 Å². The van der Waals surface area contributed by atoms with Crippen molar-refractivity contribution in [2.45, 2.75) is 38.1 Å². The van der Waals surface area contributed by atoms with Gasteiger partial charge in [-0.1, -0.05) is 24.3 Å². The summed E-state index contributed by atoms with van der Waals surface area (Å²) in [7, 11) is 0. The molecule has 1 aliphatic rings. The Morgan fingerprint density at radius 3 is 2.64 bits per heavy atom. The van der Waals surface area contributed by atoms with Gasteiger partial charge in [-0.3, -0.25) is 9.29 Å². The van der Waals surface area contributed by atoms with Crippen molar-refractivity contribution in [2.24, 2.45) is 0 Å². The Kier molecular flexibility index (Phi) is 6.03. The predicted molar refractivity (Wildman–Crippen MR) is 96.2 cm³/mol. The summed E-state index contributed by atoms with van der Waals surface area (Å²) in [5.74, 6) is 0.166. The van der Waals surface area contributed by atoms with Crippen LogP contribution in [0.15, 0.2) is 42.5 Å². The number of aromatic hydroxyl groups is 1. The highest BCUT2D eigenvalue weighted by Gasteiger charge is 2.25. The van der Waals surface area contributed by atoms with Crippen LogP contribution in [0.2, 0.25) is 0 Å². The number of hydrogen-bond donors (Lipinski definition) is 1. The number of phenolic OH excluding ortho intramolecular Hbond substituents is 1. The molecule has 2 aromatic rings. The van der Waals surface area contributed by atoms with Crippen molar-refractivity contribution in [3.8, 4) is 5.75 Å². The molecular formula is C21H25F2NO. The molecule has 0 heterocycles. The highest BCUT2D eigenvalue weighted by Crippen LogP contribution is 2.30. The van der Waals surface area contributed by atoms with Crippen LogP contribution in [0.3, 0.4) is 0 Å². The van der Waals surface area contributed by atoms with Crippen molar-refractivity contribution < 1.29 is 13.9 Å². The van der Waals surface area contributed by atoms with E-state index in [2.05, 4.69) is 11.0 Å². The molecule has 1 unspecified atom stereocenters. The van der Waals surface area contributed by atoms with E-state index in [0.717, 1.165) is 49.9 Å². The fraction of sp³-hybridized carbons (Fsp3) is 0.429. The second-order valence-corrected chi connectivity index (χ2v) is 6.77. The Hall–Kier alpha value is -1.94. The van der Waals surface area contributed by atoms with Gasteiger partial charge in [0.05, 0.1) is 6.67 Å². The van der Waals surface area contributed by atoms with Crippen LogP contribution in [-0.4, -0.2) is 35.8 Å². The predicted octanol–water partition coefficient (Wildman–Crippen LogP) is 4.29. The zero-order chi connectivity index (χ0) is 17.6. The van der Waals surface area contributed by atoms with E-state index >= 15 is 0 Å². The molecule has 1 atom stereocenters. The third kappa shape index (κ3) is 4.57. The smallest absolute Gasteiger partial charge is 0.123 e. The number of rotatable bonds is 7. The summed E-state index contributed by atoms with van der Waals surface area (Å²) in [6.45, 7) is 1.26. The maximum atomic E-state index is 13.0. The number of phenols is 1. The Labute approximate surface area is 148 Å². The van der Waals surface area contributed by atoms with Gasteiger partial charge in [0.1, 0.15) is 11.6 Å². The molecule has 4 heteroatoms. The monoisotopic (exact) mass is 345 g/mol. The van der Waals surface area contributed by atoms with Crippen molar-refractivity contribution in [1.82, 2.24) is 4.90 Å². The molecule has 3 rings (SSSR count). The van der Waals surface area contributed by atoms with Crippen LogP contribution >= 0.6 is 0 Å². The van der Waals surface area contributed by atoms with Gasteiger partial charge in [0.15, 0.2) is 0 Å². The summed E-state index contributed by atoms with van der Waals surface area (Å²) in [6.07, 6.45) is 4.08. The normalized spacial score (nSPS) is 16.8. The molecule has 134 valence electrons. The van der Waals surface area contributed by atoms with Crippen LogP contribution < -0.4 is 0 Å². The van der Waals surface area contributed by atoms with Crippen molar-refractivity contribution in [3.63, 3.8) is 0 Å². The Bertz CT molecular complexity index is 687. The Balaban J connectivity index is 1.67. The largest absolute Gasteiger partial charge is 0.508 e. The minimum absolute atomic E-state index is 0.221. The topological polar surface area (TPSA) is 23.5 Å². The quantitative estimate of drug-likeness (QED) is 0.809. The number of hydrogen-bond acceptors (Lipinski definition) is 2. The highest BCUT2D eigenvalue weighted by atomic mass is 19.1. The molecule has 0 aliphatic heterocycles. The lowest BCUT2D eigenvalue weighted by atomic mass is 9.86. The Morgan fingerprint density at radius 2 is 1.88 bits per heavy atom. The molecule has 1 aliphatic carbocycles. The second kappa shape index (κ2) is 8.43. The molecule has 2 nitrogen and oxygen atoms in total. The van der Waals surface area contributed by atoms with E-state index < -0.39 is 0 Å². The number of halogens is 2. The average Bonchev–Trinajstić information content (AvgIpc) is 2.63. The van der Waals surface area contributed by atoms with Gasteiger partial charge < -0.3 is 5.11 Å². The highest BCUT2D eigenvalue weighted by molar-refractivity contribution is 5.41. The molecule has 1 N–H and O–H groups in total. The SMILES string of the molecule is Oc1cccc2c1CCC(N(CCCF)CCc1ccc(F)cc1)C2. The van der Waals surface area contributed by atoms with E-state index in [1.165, 1.54) is 17.7 Å². The van der Waals surface area contributed by atoms with Crippen LogP contribution in [0.4, 0.5) is 8.78 Å². The van der Waals surface area contributed by atoms with Gasteiger partial charge >= 0.3 is 0 Å². The lowest BCUT2D eigenvalue weighted by Gasteiger charge is -2.35. The van der Waals surface area contributed by atoms with E-state index in [4.69, 9.17) is 0 Å². The lowest BCUT2D eigenvalue weighted by molar-refractivity contribution is 0.174.